The third-order valence-electron chi connectivity index (χ3n) is 5.02. The Morgan fingerprint density at radius 1 is 1.15 bits per heavy atom. The molecule has 0 fully saturated rings. The zero-order chi connectivity index (χ0) is 19.3. The summed E-state index contributed by atoms with van der Waals surface area (Å²) in [6.07, 6.45) is 2.04. The Balaban J connectivity index is 1.57. The van der Waals surface area contributed by atoms with Crippen molar-refractivity contribution in [3.8, 4) is 0 Å². The number of hydrogen-bond acceptors (Lipinski definition) is 4. The van der Waals surface area contributed by atoms with E-state index in [1.165, 1.54) is 11.1 Å². The number of nitrogens with zero attached hydrogens (tertiary/aromatic N) is 1. The Bertz CT molecular complexity index is 774. The lowest BCUT2D eigenvalue weighted by Crippen LogP contribution is -2.52. The summed E-state index contributed by atoms with van der Waals surface area (Å²) in [6, 6.07) is 16.0. The number of amides is 1. The SMILES string of the molecule is CN1CCc2ccc(NC(=O)C(C)(N)COCc3ccccc3)cc2CC1. The number of fused-ring (bicyclic) bond motifs is 1. The molecule has 144 valence electrons. The lowest BCUT2D eigenvalue weighted by molar-refractivity contribution is -0.122. The van der Waals surface area contributed by atoms with Crippen molar-refractivity contribution in [2.75, 3.05) is 32.1 Å². The van der Waals surface area contributed by atoms with Crippen molar-refractivity contribution in [1.82, 2.24) is 4.90 Å². The third-order valence-corrected chi connectivity index (χ3v) is 5.02. The lowest BCUT2D eigenvalue weighted by Gasteiger charge is -2.24. The number of nitrogens with one attached hydrogen (secondary N) is 1. The Morgan fingerprint density at radius 3 is 2.59 bits per heavy atom. The number of hydrogen-bond donors (Lipinski definition) is 2. The number of likely N-dealkylation sites (N-methyl/N-ethyl adjacent to an activating group) is 1. The van der Waals surface area contributed by atoms with Crippen LogP contribution in [0.5, 0.6) is 0 Å². The molecule has 0 radical (unpaired) electrons. The molecule has 2 aromatic carbocycles. The number of ether oxygens (including phenoxy) is 1. The van der Waals surface area contributed by atoms with Gasteiger partial charge in [0.25, 0.3) is 0 Å². The highest BCUT2D eigenvalue weighted by molar-refractivity contribution is 5.97. The van der Waals surface area contributed by atoms with Gasteiger partial charge in [0.2, 0.25) is 5.91 Å². The van der Waals surface area contributed by atoms with Gasteiger partial charge in [0.05, 0.1) is 13.2 Å². The molecule has 1 aliphatic heterocycles. The van der Waals surface area contributed by atoms with Gasteiger partial charge in [0, 0.05) is 18.8 Å². The molecule has 0 aromatic heterocycles. The summed E-state index contributed by atoms with van der Waals surface area (Å²) in [5, 5.41) is 2.96. The number of carbonyl (C=O) groups excluding carboxylic acids is 1. The van der Waals surface area contributed by atoms with E-state index in [4.69, 9.17) is 10.5 Å². The molecule has 1 aliphatic rings. The van der Waals surface area contributed by atoms with Gasteiger partial charge in [-0.1, -0.05) is 36.4 Å². The van der Waals surface area contributed by atoms with E-state index in [1.807, 2.05) is 36.4 Å². The first-order valence-electron chi connectivity index (χ1n) is 9.46. The van der Waals surface area contributed by atoms with Gasteiger partial charge in [-0.05, 0) is 55.6 Å². The standard InChI is InChI=1S/C22H29N3O2/c1-22(23,16-27-15-17-6-4-3-5-7-17)21(26)24-20-9-8-18-10-12-25(2)13-11-19(18)14-20/h3-9,14H,10-13,15-16,23H2,1-2H3,(H,24,26). The van der Waals surface area contributed by atoms with Crippen molar-refractivity contribution in [3.05, 3.63) is 65.2 Å². The molecule has 1 amide bonds. The number of anilines is 1. The van der Waals surface area contributed by atoms with E-state index < -0.39 is 5.54 Å². The van der Waals surface area contributed by atoms with E-state index in [0.717, 1.165) is 37.2 Å². The minimum absolute atomic E-state index is 0.156. The van der Waals surface area contributed by atoms with E-state index in [-0.39, 0.29) is 12.5 Å². The maximum atomic E-state index is 12.6. The minimum atomic E-state index is -1.10. The predicted octanol–water partition coefficient (Wildman–Crippen LogP) is 2.59. The second-order valence-electron chi connectivity index (χ2n) is 7.64. The molecule has 1 unspecified atom stereocenters. The second kappa shape index (κ2) is 8.65. The van der Waals surface area contributed by atoms with Gasteiger partial charge in [0.1, 0.15) is 5.54 Å². The Labute approximate surface area is 161 Å². The van der Waals surface area contributed by atoms with Crippen molar-refractivity contribution < 1.29 is 9.53 Å². The molecule has 27 heavy (non-hydrogen) atoms. The molecular weight excluding hydrogens is 338 g/mol. The number of nitrogens with two attached hydrogens (primary N) is 1. The maximum absolute atomic E-state index is 12.6. The summed E-state index contributed by atoms with van der Waals surface area (Å²) in [6.45, 7) is 4.40. The minimum Gasteiger partial charge on any atom is -0.374 e. The van der Waals surface area contributed by atoms with Crippen molar-refractivity contribution in [2.24, 2.45) is 5.73 Å². The van der Waals surface area contributed by atoms with E-state index in [9.17, 15) is 4.79 Å². The highest BCUT2D eigenvalue weighted by Gasteiger charge is 2.29. The van der Waals surface area contributed by atoms with Crippen molar-refractivity contribution in [2.45, 2.75) is 31.9 Å². The first-order valence-corrected chi connectivity index (χ1v) is 9.46. The summed E-state index contributed by atoms with van der Waals surface area (Å²) < 4.78 is 5.67. The molecule has 1 atom stereocenters. The van der Waals surface area contributed by atoms with Gasteiger partial charge in [-0.15, -0.1) is 0 Å². The van der Waals surface area contributed by atoms with Crippen molar-refractivity contribution in [1.29, 1.82) is 0 Å². The summed E-state index contributed by atoms with van der Waals surface area (Å²) in [5.74, 6) is -0.235. The van der Waals surface area contributed by atoms with Crippen LogP contribution < -0.4 is 11.1 Å². The van der Waals surface area contributed by atoms with Gasteiger partial charge >= 0.3 is 0 Å². The molecule has 0 aliphatic carbocycles. The van der Waals surface area contributed by atoms with Gasteiger partial charge in [0.15, 0.2) is 0 Å². The fourth-order valence-corrected chi connectivity index (χ4v) is 3.21. The molecule has 5 nitrogen and oxygen atoms in total. The Kier molecular flexibility index (Phi) is 6.26. The van der Waals surface area contributed by atoms with Gasteiger partial charge < -0.3 is 20.7 Å². The van der Waals surface area contributed by atoms with Crippen LogP contribution in [0, 0.1) is 0 Å². The third kappa shape index (κ3) is 5.39. The van der Waals surface area contributed by atoms with Crippen LogP contribution >= 0.6 is 0 Å². The van der Waals surface area contributed by atoms with Gasteiger partial charge in [-0.2, -0.15) is 0 Å². The fraction of sp³-hybridized carbons (Fsp3) is 0.409. The van der Waals surface area contributed by atoms with Crippen LogP contribution in [0.15, 0.2) is 48.5 Å². The van der Waals surface area contributed by atoms with Crippen LogP contribution in [0.3, 0.4) is 0 Å². The zero-order valence-corrected chi connectivity index (χ0v) is 16.2. The highest BCUT2D eigenvalue weighted by atomic mass is 16.5. The molecule has 3 rings (SSSR count). The van der Waals surface area contributed by atoms with Crippen molar-refractivity contribution in [3.63, 3.8) is 0 Å². The molecule has 5 heteroatoms. The lowest BCUT2D eigenvalue weighted by atomic mass is 10.0. The number of benzene rings is 2. The average Bonchev–Trinajstić information content (AvgIpc) is 2.84. The highest BCUT2D eigenvalue weighted by Crippen LogP contribution is 2.21. The van der Waals surface area contributed by atoms with Crippen LogP contribution in [0.25, 0.3) is 0 Å². The van der Waals surface area contributed by atoms with E-state index in [2.05, 4.69) is 29.4 Å². The zero-order valence-electron chi connectivity index (χ0n) is 16.2. The quantitative estimate of drug-likeness (QED) is 0.824. The molecule has 0 bridgehead atoms. The normalized spacial score (nSPS) is 16.9. The first-order chi connectivity index (χ1) is 12.9. The van der Waals surface area contributed by atoms with Crippen molar-refractivity contribution >= 4 is 11.6 Å². The summed E-state index contributed by atoms with van der Waals surface area (Å²) >= 11 is 0. The Morgan fingerprint density at radius 2 is 1.85 bits per heavy atom. The largest absolute Gasteiger partial charge is 0.374 e. The first kappa shape index (κ1) is 19.5. The number of carbonyl (C=O) groups is 1. The Hall–Kier alpha value is -2.21. The smallest absolute Gasteiger partial charge is 0.246 e. The predicted molar refractivity (Wildman–Crippen MR) is 109 cm³/mol. The maximum Gasteiger partial charge on any atom is 0.246 e. The monoisotopic (exact) mass is 367 g/mol. The molecule has 1 heterocycles. The van der Waals surface area contributed by atoms with Crippen LogP contribution in [-0.2, 0) is 29.0 Å². The summed E-state index contributed by atoms with van der Waals surface area (Å²) in [4.78, 5) is 15.0. The van der Waals surface area contributed by atoms with Crippen LogP contribution in [0.4, 0.5) is 5.69 Å². The molecule has 0 spiro atoms. The van der Waals surface area contributed by atoms with Crippen LogP contribution in [0.1, 0.15) is 23.6 Å². The summed E-state index contributed by atoms with van der Waals surface area (Å²) in [7, 11) is 2.14. The summed E-state index contributed by atoms with van der Waals surface area (Å²) in [5.41, 5.74) is 9.63. The van der Waals surface area contributed by atoms with Gasteiger partial charge in [-0.25, -0.2) is 0 Å². The van der Waals surface area contributed by atoms with Gasteiger partial charge in [-0.3, -0.25) is 4.79 Å². The van der Waals surface area contributed by atoms with E-state index in [1.54, 1.807) is 6.92 Å². The topological polar surface area (TPSA) is 67.6 Å². The second-order valence-corrected chi connectivity index (χ2v) is 7.64. The molecule has 3 N–H and O–H groups in total. The molecule has 0 saturated heterocycles. The van der Waals surface area contributed by atoms with Crippen LogP contribution in [-0.4, -0.2) is 43.1 Å². The van der Waals surface area contributed by atoms with E-state index >= 15 is 0 Å². The van der Waals surface area contributed by atoms with E-state index in [0.29, 0.717) is 6.61 Å². The fourth-order valence-electron chi connectivity index (χ4n) is 3.21. The molecular formula is C22H29N3O2. The number of rotatable bonds is 6. The molecule has 0 saturated carbocycles. The molecule has 2 aromatic rings. The average molecular weight is 367 g/mol. The van der Waals surface area contributed by atoms with Crippen LogP contribution in [0.2, 0.25) is 0 Å².